The van der Waals surface area contributed by atoms with Crippen LogP contribution in [-0.2, 0) is 22.9 Å². The van der Waals surface area contributed by atoms with Gasteiger partial charge in [0.05, 0.1) is 0 Å². The number of phosphoric acid groups is 1. The maximum Gasteiger partial charge on any atom is 0.529 e. The third-order valence-corrected chi connectivity index (χ3v) is 3.33. The maximum absolute atomic E-state index is 12.6. The lowest BCUT2D eigenvalue weighted by Gasteiger charge is -2.15. The molecule has 0 aliphatic carbocycles. The Balaban J connectivity index is 2.76. The van der Waals surface area contributed by atoms with Crippen LogP contribution in [-0.4, -0.2) is 20.1 Å². The summed E-state index contributed by atoms with van der Waals surface area (Å²) in [4.78, 5) is 11.7. The van der Waals surface area contributed by atoms with E-state index in [0.29, 0.717) is 5.69 Å². The Bertz CT molecular complexity index is 497. The van der Waals surface area contributed by atoms with E-state index < -0.39 is 19.5 Å². The van der Waals surface area contributed by atoms with Crippen LogP contribution in [0.2, 0.25) is 0 Å². The van der Waals surface area contributed by atoms with E-state index >= 15 is 0 Å². The third-order valence-electron chi connectivity index (χ3n) is 2.01. The minimum atomic E-state index is -3.98. The zero-order valence-corrected chi connectivity index (χ0v) is 11.2. The second kappa shape index (κ2) is 7.04. The van der Waals surface area contributed by atoms with Crippen molar-refractivity contribution in [3.63, 3.8) is 0 Å². The first kappa shape index (κ1) is 15.4. The second-order valence-corrected chi connectivity index (χ2v) is 5.00. The van der Waals surface area contributed by atoms with Gasteiger partial charge in [0, 0.05) is 19.9 Å². The van der Waals surface area contributed by atoms with Crippen LogP contribution in [0.3, 0.4) is 0 Å². The van der Waals surface area contributed by atoms with E-state index in [1.165, 1.54) is 0 Å². The fraction of sp³-hybridized carbons (Fsp3) is 0.182. The number of hydrogen-bond donors (Lipinski definition) is 1. The lowest BCUT2D eigenvalue weighted by molar-refractivity contribution is -0.115. The highest BCUT2D eigenvalue weighted by Gasteiger charge is 2.29. The summed E-state index contributed by atoms with van der Waals surface area (Å²) in [5.74, 6) is -1.72. The summed E-state index contributed by atoms with van der Waals surface area (Å²) in [7, 11) is -1.88. The highest BCUT2D eigenvalue weighted by Crippen LogP contribution is 2.49. The Hall–Kier alpha value is -1.69. The van der Waals surface area contributed by atoms with Crippen LogP contribution in [0.5, 0.6) is 0 Å². The largest absolute Gasteiger partial charge is 0.529 e. The molecule has 0 fully saturated rings. The third kappa shape index (κ3) is 4.48. The highest BCUT2D eigenvalue weighted by molar-refractivity contribution is 7.48. The van der Waals surface area contributed by atoms with Crippen molar-refractivity contribution < 1.29 is 27.3 Å². The van der Waals surface area contributed by atoms with E-state index in [-0.39, 0.29) is 6.33 Å². The number of para-hydroxylation sites is 1. The van der Waals surface area contributed by atoms with E-state index in [0.717, 1.165) is 14.2 Å². The number of anilines is 1. The minimum absolute atomic E-state index is 0.122. The first-order valence-electron chi connectivity index (χ1n) is 5.12. The molecule has 1 aromatic rings. The van der Waals surface area contributed by atoms with E-state index in [1.54, 1.807) is 30.3 Å². The molecule has 0 atom stereocenters. The number of halogens is 1. The number of benzene rings is 1. The van der Waals surface area contributed by atoms with Gasteiger partial charge in [-0.15, -0.1) is 0 Å². The Labute approximate surface area is 109 Å². The van der Waals surface area contributed by atoms with Gasteiger partial charge >= 0.3 is 7.82 Å². The van der Waals surface area contributed by atoms with Gasteiger partial charge in [0.25, 0.3) is 5.91 Å². The van der Waals surface area contributed by atoms with Gasteiger partial charge in [0.2, 0.25) is 5.76 Å². The van der Waals surface area contributed by atoms with Crippen LogP contribution in [0.4, 0.5) is 10.1 Å². The molecule has 0 heterocycles. The molecule has 0 aromatic heterocycles. The van der Waals surface area contributed by atoms with Crippen molar-refractivity contribution in [2.45, 2.75) is 0 Å². The molecule has 6 nitrogen and oxygen atoms in total. The molecule has 104 valence electrons. The summed E-state index contributed by atoms with van der Waals surface area (Å²) in [5.41, 5.74) is 0.431. The average molecular weight is 289 g/mol. The highest BCUT2D eigenvalue weighted by atomic mass is 31.2. The number of phosphoric ester groups is 1. The first-order valence-corrected chi connectivity index (χ1v) is 6.58. The topological polar surface area (TPSA) is 73.9 Å². The van der Waals surface area contributed by atoms with Gasteiger partial charge in [-0.1, -0.05) is 18.2 Å². The van der Waals surface area contributed by atoms with Gasteiger partial charge in [-0.2, -0.15) is 0 Å². The van der Waals surface area contributed by atoms with Crippen molar-refractivity contribution in [3.8, 4) is 0 Å². The van der Waals surface area contributed by atoms with Crippen molar-refractivity contribution in [1.82, 2.24) is 0 Å². The SMILES string of the molecule is COP(=O)(OC)O/C(=C/F)C(=O)Nc1ccccc1. The standard InChI is InChI=1S/C11H13FNO5P/c1-16-19(15,17-2)18-10(8-12)11(14)13-9-6-4-3-5-7-9/h3-8H,1-2H3,(H,13,14)/b10-8+. The monoisotopic (exact) mass is 289 g/mol. The fourth-order valence-electron chi connectivity index (χ4n) is 1.09. The quantitative estimate of drug-likeness (QED) is 0.495. The molecule has 0 saturated heterocycles. The van der Waals surface area contributed by atoms with Gasteiger partial charge in [0.1, 0.15) is 6.33 Å². The molecule has 0 bridgehead atoms. The van der Waals surface area contributed by atoms with E-state index in [4.69, 9.17) is 0 Å². The molecular weight excluding hydrogens is 276 g/mol. The number of carbonyl (C=O) groups is 1. The number of hydrogen-bond acceptors (Lipinski definition) is 5. The fourth-order valence-corrected chi connectivity index (χ4v) is 1.76. The summed E-state index contributed by atoms with van der Waals surface area (Å²) in [6.45, 7) is 0. The van der Waals surface area contributed by atoms with E-state index in [9.17, 15) is 13.8 Å². The van der Waals surface area contributed by atoms with Gasteiger partial charge in [-0.3, -0.25) is 13.8 Å². The molecule has 1 N–H and O–H groups in total. The molecule has 8 heteroatoms. The van der Waals surface area contributed by atoms with Crippen LogP contribution in [0.1, 0.15) is 0 Å². The number of nitrogens with one attached hydrogen (secondary N) is 1. The molecule has 1 aromatic carbocycles. The van der Waals surface area contributed by atoms with Crippen molar-refractivity contribution in [2.75, 3.05) is 19.5 Å². The van der Waals surface area contributed by atoms with E-state index in [1.807, 2.05) is 0 Å². The van der Waals surface area contributed by atoms with Gasteiger partial charge in [-0.05, 0) is 12.1 Å². The molecule has 1 amide bonds. The molecule has 0 spiro atoms. The van der Waals surface area contributed by atoms with Crippen molar-refractivity contribution in [2.24, 2.45) is 0 Å². The summed E-state index contributed by atoms with van der Waals surface area (Å²) < 4.78 is 37.7. The second-order valence-electron chi connectivity index (χ2n) is 3.20. The normalized spacial score (nSPS) is 12.1. The molecule has 0 aliphatic heterocycles. The van der Waals surface area contributed by atoms with Gasteiger partial charge < -0.3 is 9.84 Å². The molecule has 1 rings (SSSR count). The molecule has 0 saturated carbocycles. The lowest BCUT2D eigenvalue weighted by Crippen LogP contribution is -2.16. The molecule has 19 heavy (non-hydrogen) atoms. The van der Waals surface area contributed by atoms with E-state index in [2.05, 4.69) is 18.9 Å². The lowest BCUT2D eigenvalue weighted by atomic mass is 10.3. The number of rotatable bonds is 6. The summed E-state index contributed by atoms with van der Waals surface area (Å²) in [6, 6.07) is 8.32. The Morgan fingerprint density at radius 3 is 2.32 bits per heavy atom. The Kier molecular flexibility index (Phi) is 5.69. The Morgan fingerprint density at radius 2 is 1.84 bits per heavy atom. The van der Waals surface area contributed by atoms with Crippen molar-refractivity contribution in [3.05, 3.63) is 42.4 Å². The van der Waals surface area contributed by atoms with Crippen LogP contribution in [0.25, 0.3) is 0 Å². The summed E-state index contributed by atoms with van der Waals surface area (Å²) in [6.07, 6.45) is -0.122. The van der Waals surface area contributed by atoms with Gasteiger partial charge in [0.15, 0.2) is 0 Å². The summed E-state index contributed by atoms with van der Waals surface area (Å²) in [5, 5.41) is 2.36. The summed E-state index contributed by atoms with van der Waals surface area (Å²) >= 11 is 0. The number of carbonyl (C=O) groups excluding carboxylic acids is 1. The molecule has 0 aliphatic rings. The maximum atomic E-state index is 12.6. The zero-order chi connectivity index (χ0) is 14.3. The smallest absolute Gasteiger partial charge is 0.396 e. The Morgan fingerprint density at radius 1 is 1.26 bits per heavy atom. The zero-order valence-electron chi connectivity index (χ0n) is 10.3. The predicted molar refractivity (Wildman–Crippen MR) is 67.0 cm³/mol. The average Bonchev–Trinajstić information content (AvgIpc) is 2.45. The van der Waals surface area contributed by atoms with Crippen LogP contribution >= 0.6 is 7.82 Å². The van der Waals surface area contributed by atoms with Gasteiger partial charge in [-0.25, -0.2) is 8.96 Å². The number of amides is 1. The minimum Gasteiger partial charge on any atom is -0.396 e. The van der Waals surface area contributed by atoms with Crippen LogP contribution < -0.4 is 5.32 Å². The predicted octanol–water partition coefficient (Wildman–Crippen LogP) is 2.85. The van der Waals surface area contributed by atoms with Crippen LogP contribution in [0, 0.1) is 0 Å². The van der Waals surface area contributed by atoms with Crippen molar-refractivity contribution >= 4 is 19.4 Å². The van der Waals surface area contributed by atoms with Crippen molar-refractivity contribution in [1.29, 1.82) is 0 Å². The molecular formula is C11H13FNO5P. The molecule has 0 unspecified atom stereocenters. The first-order chi connectivity index (χ1) is 9.04. The van der Waals surface area contributed by atoms with Crippen LogP contribution in [0.15, 0.2) is 42.4 Å². The molecule has 0 radical (unpaired) electrons.